The Kier molecular flexibility index (Phi) is 4.84. The van der Waals surface area contributed by atoms with Crippen LogP contribution >= 0.6 is 0 Å². The predicted molar refractivity (Wildman–Crippen MR) is 87.6 cm³/mol. The summed E-state index contributed by atoms with van der Waals surface area (Å²) < 4.78 is 0. The summed E-state index contributed by atoms with van der Waals surface area (Å²) in [6.07, 6.45) is 10.3. The zero-order valence-corrected chi connectivity index (χ0v) is 13.4. The van der Waals surface area contributed by atoms with Crippen molar-refractivity contribution in [2.75, 3.05) is 13.1 Å². The highest BCUT2D eigenvalue weighted by Crippen LogP contribution is 2.39. The van der Waals surface area contributed by atoms with E-state index in [-0.39, 0.29) is 0 Å². The van der Waals surface area contributed by atoms with E-state index >= 15 is 0 Å². The van der Waals surface area contributed by atoms with E-state index in [9.17, 15) is 5.11 Å². The van der Waals surface area contributed by atoms with Crippen LogP contribution in [0.3, 0.4) is 0 Å². The van der Waals surface area contributed by atoms with Gasteiger partial charge in [-0.15, -0.1) is 0 Å². The van der Waals surface area contributed by atoms with Gasteiger partial charge in [0.05, 0.1) is 0 Å². The molecule has 116 valence electrons. The third kappa shape index (κ3) is 3.26. The van der Waals surface area contributed by atoms with Crippen molar-refractivity contribution >= 4 is 0 Å². The van der Waals surface area contributed by atoms with Crippen LogP contribution in [0, 0.1) is 5.92 Å². The van der Waals surface area contributed by atoms with Crippen LogP contribution in [0.25, 0.3) is 0 Å². The summed E-state index contributed by atoms with van der Waals surface area (Å²) >= 11 is 0. The summed E-state index contributed by atoms with van der Waals surface area (Å²) in [6.45, 7) is 4.78. The van der Waals surface area contributed by atoms with Gasteiger partial charge in [0.15, 0.2) is 0 Å². The van der Waals surface area contributed by atoms with Crippen molar-refractivity contribution in [1.82, 2.24) is 4.90 Å². The van der Waals surface area contributed by atoms with Crippen LogP contribution in [-0.4, -0.2) is 23.1 Å². The van der Waals surface area contributed by atoms with Crippen molar-refractivity contribution in [3.8, 4) is 5.75 Å². The molecule has 1 aromatic carbocycles. The number of rotatable bonds is 3. The standard InChI is InChI=1S/C19H29NO/c1-2-6-15-7-5-13-20(14-12-15)18-10-3-9-17-16(18)8-4-11-19(17)21/h4,8,11,15,18,21H,2-3,5-7,9-10,12-14H2,1H3. The zero-order valence-electron chi connectivity index (χ0n) is 13.4. The fraction of sp³-hybridized carbons (Fsp3) is 0.684. The minimum absolute atomic E-state index is 0.510. The summed E-state index contributed by atoms with van der Waals surface area (Å²) in [5.74, 6) is 1.45. The molecule has 0 radical (unpaired) electrons. The highest BCUT2D eigenvalue weighted by molar-refractivity contribution is 5.42. The molecule has 1 aliphatic heterocycles. The lowest BCUT2D eigenvalue weighted by Gasteiger charge is -2.35. The van der Waals surface area contributed by atoms with Crippen molar-refractivity contribution in [2.45, 2.75) is 64.3 Å². The molecule has 21 heavy (non-hydrogen) atoms. The van der Waals surface area contributed by atoms with Gasteiger partial charge in [0.25, 0.3) is 0 Å². The quantitative estimate of drug-likeness (QED) is 0.873. The minimum Gasteiger partial charge on any atom is -0.508 e. The Labute approximate surface area is 129 Å². The topological polar surface area (TPSA) is 23.5 Å². The van der Waals surface area contributed by atoms with Gasteiger partial charge in [-0.25, -0.2) is 0 Å². The molecule has 1 N–H and O–H groups in total. The first-order valence-corrected chi connectivity index (χ1v) is 8.84. The number of hydrogen-bond donors (Lipinski definition) is 1. The fourth-order valence-electron chi connectivity index (χ4n) is 4.38. The molecule has 2 atom stereocenters. The van der Waals surface area contributed by atoms with E-state index in [1.807, 2.05) is 12.1 Å². The van der Waals surface area contributed by atoms with E-state index in [1.165, 1.54) is 69.2 Å². The molecule has 1 heterocycles. The number of nitrogens with zero attached hydrogens (tertiary/aromatic N) is 1. The molecule has 3 rings (SSSR count). The molecule has 1 fully saturated rings. The molecule has 0 spiro atoms. The molecule has 2 aliphatic rings. The number of phenols is 1. The number of benzene rings is 1. The molecule has 1 aliphatic carbocycles. The molecule has 0 aromatic heterocycles. The van der Waals surface area contributed by atoms with Crippen LogP contribution in [0.1, 0.15) is 69.0 Å². The molecule has 0 saturated carbocycles. The summed E-state index contributed by atoms with van der Waals surface area (Å²) in [5, 5.41) is 10.1. The zero-order chi connectivity index (χ0) is 14.7. The number of likely N-dealkylation sites (tertiary alicyclic amines) is 1. The van der Waals surface area contributed by atoms with Gasteiger partial charge in [-0.1, -0.05) is 31.9 Å². The second kappa shape index (κ2) is 6.83. The maximum Gasteiger partial charge on any atom is 0.119 e. The Morgan fingerprint density at radius 3 is 2.90 bits per heavy atom. The van der Waals surface area contributed by atoms with Crippen molar-refractivity contribution in [1.29, 1.82) is 0 Å². The summed E-state index contributed by atoms with van der Waals surface area (Å²) in [7, 11) is 0. The van der Waals surface area contributed by atoms with Crippen LogP contribution in [0.5, 0.6) is 5.75 Å². The van der Waals surface area contributed by atoms with Crippen molar-refractivity contribution in [3.05, 3.63) is 29.3 Å². The van der Waals surface area contributed by atoms with Crippen LogP contribution in [0.4, 0.5) is 0 Å². The van der Waals surface area contributed by atoms with Crippen LogP contribution in [-0.2, 0) is 6.42 Å². The van der Waals surface area contributed by atoms with E-state index in [4.69, 9.17) is 0 Å². The van der Waals surface area contributed by atoms with Gasteiger partial charge in [-0.05, 0) is 74.7 Å². The molecule has 2 nitrogen and oxygen atoms in total. The lowest BCUT2D eigenvalue weighted by molar-refractivity contribution is 0.182. The van der Waals surface area contributed by atoms with Gasteiger partial charge in [0, 0.05) is 6.04 Å². The number of phenolic OH excluding ortho intramolecular Hbond substituents is 1. The van der Waals surface area contributed by atoms with Crippen LogP contribution < -0.4 is 0 Å². The summed E-state index contributed by atoms with van der Waals surface area (Å²) in [5.41, 5.74) is 2.61. The van der Waals surface area contributed by atoms with Gasteiger partial charge < -0.3 is 5.11 Å². The van der Waals surface area contributed by atoms with Crippen molar-refractivity contribution in [2.24, 2.45) is 5.92 Å². The third-order valence-corrected chi connectivity index (χ3v) is 5.47. The molecule has 1 saturated heterocycles. The highest BCUT2D eigenvalue weighted by Gasteiger charge is 2.28. The van der Waals surface area contributed by atoms with E-state index in [2.05, 4.69) is 17.9 Å². The van der Waals surface area contributed by atoms with Crippen molar-refractivity contribution < 1.29 is 5.11 Å². The predicted octanol–water partition coefficient (Wildman–Crippen LogP) is 4.67. The maximum absolute atomic E-state index is 10.1. The van der Waals surface area contributed by atoms with E-state index in [0.29, 0.717) is 11.8 Å². The Hall–Kier alpha value is -1.02. The van der Waals surface area contributed by atoms with Gasteiger partial charge in [-0.3, -0.25) is 4.90 Å². The minimum atomic E-state index is 0.510. The second-order valence-corrected chi connectivity index (χ2v) is 6.87. The average molecular weight is 287 g/mol. The number of fused-ring (bicyclic) bond motifs is 1. The van der Waals surface area contributed by atoms with E-state index in [1.54, 1.807) is 0 Å². The van der Waals surface area contributed by atoms with Crippen LogP contribution in [0.15, 0.2) is 18.2 Å². The van der Waals surface area contributed by atoms with Gasteiger partial charge in [-0.2, -0.15) is 0 Å². The maximum atomic E-state index is 10.1. The van der Waals surface area contributed by atoms with Crippen molar-refractivity contribution in [3.63, 3.8) is 0 Å². The highest BCUT2D eigenvalue weighted by atomic mass is 16.3. The third-order valence-electron chi connectivity index (χ3n) is 5.47. The largest absolute Gasteiger partial charge is 0.508 e. The second-order valence-electron chi connectivity index (χ2n) is 6.87. The first kappa shape index (κ1) is 14.9. The molecule has 0 amide bonds. The SMILES string of the molecule is CCCC1CCCN(C2CCCc3c(O)cccc32)CC1. The average Bonchev–Trinajstić information content (AvgIpc) is 2.73. The summed E-state index contributed by atoms with van der Waals surface area (Å²) in [4.78, 5) is 2.70. The lowest BCUT2D eigenvalue weighted by atomic mass is 9.86. The molecule has 2 heteroatoms. The fourth-order valence-corrected chi connectivity index (χ4v) is 4.38. The molecule has 1 aromatic rings. The van der Waals surface area contributed by atoms with Gasteiger partial charge >= 0.3 is 0 Å². The Morgan fingerprint density at radius 1 is 1.14 bits per heavy atom. The first-order chi connectivity index (χ1) is 10.3. The normalized spacial score (nSPS) is 27.1. The number of aromatic hydroxyl groups is 1. The summed E-state index contributed by atoms with van der Waals surface area (Å²) in [6, 6.07) is 6.65. The number of hydrogen-bond acceptors (Lipinski definition) is 2. The van der Waals surface area contributed by atoms with E-state index < -0.39 is 0 Å². The molecular weight excluding hydrogens is 258 g/mol. The van der Waals surface area contributed by atoms with Crippen LogP contribution in [0.2, 0.25) is 0 Å². The monoisotopic (exact) mass is 287 g/mol. The molecule has 0 bridgehead atoms. The van der Waals surface area contributed by atoms with Gasteiger partial charge in [0.1, 0.15) is 5.75 Å². The Balaban J connectivity index is 1.75. The molecular formula is C19H29NO. The molecule has 2 unspecified atom stereocenters. The van der Waals surface area contributed by atoms with E-state index in [0.717, 1.165) is 12.3 Å². The Bertz CT molecular complexity index is 471. The smallest absolute Gasteiger partial charge is 0.119 e. The first-order valence-electron chi connectivity index (χ1n) is 8.84. The Morgan fingerprint density at radius 2 is 2.05 bits per heavy atom. The van der Waals surface area contributed by atoms with Gasteiger partial charge in [0.2, 0.25) is 0 Å². The lowest BCUT2D eigenvalue weighted by Crippen LogP contribution is -2.32.